The number of hydrogen-bond donors (Lipinski definition) is 0. The number of hydrogen-bond acceptors (Lipinski definition) is 6. The number of nitriles is 1. The van der Waals surface area contributed by atoms with Gasteiger partial charge in [0.2, 0.25) is 0 Å². The standard InChI is InChI=1S/C26H25NO5/c1-29-23-11-9-19(14-25(23)30-2)21(16-27)13-22(28)20-10-12-24(26(15-20)31-3)32-17-18-7-5-4-6-8-18/h4-12,14-15,21H,13,17H2,1-3H3/t21-/m1/s1. The Kier molecular flexibility index (Phi) is 7.71. The molecule has 3 rings (SSSR count). The minimum Gasteiger partial charge on any atom is -0.493 e. The molecule has 0 spiro atoms. The van der Waals surface area contributed by atoms with Crippen molar-refractivity contribution in [1.29, 1.82) is 5.26 Å². The Labute approximate surface area is 187 Å². The van der Waals surface area contributed by atoms with Gasteiger partial charge >= 0.3 is 0 Å². The topological polar surface area (TPSA) is 77.8 Å². The molecule has 0 heterocycles. The van der Waals surface area contributed by atoms with Gasteiger partial charge in [0.15, 0.2) is 28.8 Å². The first kappa shape index (κ1) is 22.7. The Hall–Kier alpha value is -3.98. The summed E-state index contributed by atoms with van der Waals surface area (Å²) in [5, 5.41) is 9.67. The highest BCUT2D eigenvalue weighted by molar-refractivity contribution is 5.97. The van der Waals surface area contributed by atoms with Crippen LogP contribution in [0.5, 0.6) is 23.0 Å². The van der Waals surface area contributed by atoms with Gasteiger partial charge in [0, 0.05) is 12.0 Å². The van der Waals surface area contributed by atoms with Crippen molar-refractivity contribution in [2.45, 2.75) is 18.9 Å². The smallest absolute Gasteiger partial charge is 0.164 e. The molecule has 6 nitrogen and oxygen atoms in total. The summed E-state index contributed by atoms with van der Waals surface area (Å²) >= 11 is 0. The molecule has 0 fully saturated rings. The first-order chi connectivity index (χ1) is 15.6. The summed E-state index contributed by atoms with van der Waals surface area (Å²) in [5.41, 5.74) is 2.17. The summed E-state index contributed by atoms with van der Waals surface area (Å²) in [6.45, 7) is 0.389. The van der Waals surface area contributed by atoms with E-state index in [4.69, 9.17) is 18.9 Å². The first-order valence-electron chi connectivity index (χ1n) is 10.1. The highest BCUT2D eigenvalue weighted by atomic mass is 16.5. The summed E-state index contributed by atoms with van der Waals surface area (Å²) in [7, 11) is 4.60. The highest BCUT2D eigenvalue weighted by Crippen LogP contribution is 2.33. The van der Waals surface area contributed by atoms with Crippen LogP contribution in [0.4, 0.5) is 0 Å². The molecule has 3 aromatic rings. The van der Waals surface area contributed by atoms with Gasteiger partial charge in [0.25, 0.3) is 0 Å². The molecular formula is C26H25NO5. The summed E-state index contributed by atoms with van der Waals surface area (Å²) in [6, 6.07) is 22.3. The lowest BCUT2D eigenvalue weighted by atomic mass is 9.92. The SMILES string of the molecule is COc1ccc([C@@H](C#N)CC(=O)c2ccc(OCc3ccccc3)c(OC)c2)cc1OC. The molecule has 0 aliphatic rings. The second-order valence-electron chi connectivity index (χ2n) is 7.06. The maximum absolute atomic E-state index is 12.9. The molecule has 0 aromatic heterocycles. The molecule has 0 N–H and O–H groups in total. The van der Waals surface area contributed by atoms with Crippen molar-refractivity contribution in [3.05, 3.63) is 83.4 Å². The lowest BCUT2D eigenvalue weighted by molar-refractivity contribution is 0.0978. The Morgan fingerprint density at radius 3 is 2.16 bits per heavy atom. The third kappa shape index (κ3) is 5.38. The molecule has 32 heavy (non-hydrogen) atoms. The zero-order chi connectivity index (χ0) is 22.9. The van der Waals surface area contributed by atoms with Crippen LogP contribution < -0.4 is 18.9 Å². The van der Waals surface area contributed by atoms with Gasteiger partial charge in [-0.2, -0.15) is 5.26 Å². The summed E-state index contributed by atoms with van der Waals surface area (Å²) in [4.78, 5) is 12.9. The molecule has 0 amide bonds. The Bertz CT molecular complexity index is 1100. The van der Waals surface area contributed by atoms with E-state index in [1.165, 1.54) is 14.2 Å². The van der Waals surface area contributed by atoms with Crippen LogP contribution in [0.1, 0.15) is 33.8 Å². The van der Waals surface area contributed by atoms with E-state index in [9.17, 15) is 10.1 Å². The van der Waals surface area contributed by atoms with Gasteiger partial charge in [-0.05, 0) is 41.5 Å². The van der Waals surface area contributed by atoms with Crippen molar-refractivity contribution < 1.29 is 23.7 Å². The largest absolute Gasteiger partial charge is 0.493 e. The van der Waals surface area contributed by atoms with E-state index in [1.807, 2.05) is 30.3 Å². The zero-order valence-corrected chi connectivity index (χ0v) is 18.3. The maximum atomic E-state index is 12.9. The molecule has 0 aliphatic carbocycles. The van der Waals surface area contributed by atoms with E-state index in [0.717, 1.165) is 5.56 Å². The number of ether oxygens (including phenoxy) is 4. The molecule has 0 saturated carbocycles. The van der Waals surface area contributed by atoms with Crippen molar-refractivity contribution >= 4 is 5.78 Å². The molecule has 0 radical (unpaired) electrons. The minimum atomic E-state index is -0.623. The van der Waals surface area contributed by atoms with Crippen LogP contribution in [-0.2, 0) is 6.61 Å². The second kappa shape index (κ2) is 10.9. The van der Waals surface area contributed by atoms with Gasteiger partial charge < -0.3 is 18.9 Å². The maximum Gasteiger partial charge on any atom is 0.164 e. The fourth-order valence-corrected chi connectivity index (χ4v) is 3.31. The molecule has 0 bridgehead atoms. The van der Waals surface area contributed by atoms with Gasteiger partial charge in [-0.25, -0.2) is 0 Å². The van der Waals surface area contributed by atoms with Crippen molar-refractivity contribution in [3.63, 3.8) is 0 Å². The normalized spacial score (nSPS) is 11.2. The lowest BCUT2D eigenvalue weighted by Crippen LogP contribution is -2.07. The number of carbonyl (C=O) groups excluding carboxylic acids is 1. The highest BCUT2D eigenvalue weighted by Gasteiger charge is 2.20. The van der Waals surface area contributed by atoms with Crippen LogP contribution in [-0.4, -0.2) is 27.1 Å². The van der Waals surface area contributed by atoms with Crippen LogP contribution >= 0.6 is 0 Å². The fraction of sp³-hybridized carbons (Fsp3) is 0.231. The van der Waals surface area contributed by atoms with Gasteiger partial charge in [-0.3, -0.25) is 4.79 Å². The van der Waals surface area contributed by atoms with Crippen LogP contribution in [0.25, 0.3) is 0 Å². The van der Waals surface area contributed by atoms with Crippen LogP contribution in [0.3, 0.4) is 0 Å². The summed E-state index contributed by atoms with van der Waals surface area (Å²) in [6.07, 6.45) is 0.0271. The molecule has 0 saturated heterocycles. The number of methoxy groups -OCH3 is 3. The lowest BCUT2D eigenvalue weighted by Gasteiger charge is -2.14. The molecule has 164 valence electrons. The predicted molar refractivity (Wildman–Crippen MR) is 121 cm³/mol. The van der Waals surface area contributed by atoms with Gasteiger partial charge in [0.05, 0.1) is 33.3 Å². The average Bonchev–Trinajstić information content (AvgIpc) is 2.85. The number of rotatable bonds is 10. The molecule has 0 unspecified atom stereocenters. The van der Waals surface area contributed by atoms with Crippen LogP contribution in [0.15, 0.2) is 66.7 Å². The summed E-state index contributed by atoms with van der Waals surface area (Å²) in [5.74, 6) is 1.30. The second-order valence-corrected chi connectivity index (χ2v) is 7.06. The average molecular weight is 431 g/mol. The minimum absolute atomic E-state index is 0.0271. The van der Waals surface area contributed by atoms with Crippen molar-refractivity contribution in [1.82, 2.24) is 0 Å². The quantitative estimate of drug-likeness (QED) is 0.412. The molecule has 3 aromatic carbocycles. The van der Waals surface area contributed by atoms with E-state index in [0.29, 0.717) is 40.7 Å². The number of nitrogens with zero attached hydrogens (tertiary/aromatic N) is 1. The number of carbonyl (C=O) groups is 1. The Balaban J connectivity index is 1.74. The van der Waals surface area contributed by atoms with Crippen molar-refractivity contribution in [2.75, 3.05) is 21.3 Å². The third-order valence-corrected chi connectivity index (χ3v) is 5.08. The Morgan fingerprint density at radius 1 is 0.844 bits per heavy atom. The van der Waals surface area contributed by atoms with E-state index in [-0.39, 0.29) is 12.2 Å². The fourth-order valence-electron chi connectivity index (χ4n) is 3.31. The monoisotopic (exact) mass is 431 g/mol. The van der Waals surface area contributed by atoms with Crippen molar-refractivity contribution in [3.8, 4) is 29.1 Å². The number of Topliss-reactive ketones (excluding diaryl/α,β-unsaturated/α-hetero) is 1. The van der Waals surface area contributed by atoms with E-state index in [2.05, 4.69) is 6.07 Å². The van der Waals surface area contributed by atoms with Gasteiger partial charge in [0.1, 0.15) is 6.61 Å². The molecule has 0 aliphatic heterocycles. The van der Waals surface area contributed by atoms with Crippen LogP contribution in [0, 0.1) is 11.3 Å². The Morgan fingerprint density at radius 2 is 1.50 bits per heavy atom. The number of ketones is 1. The predicted octanol–water partition coefficient (Wildman–Crippen LogP) is 5.17. The first-order valence-corrected chi connectivity index (χ1v) is 10.1. The van der Waals surface area contributed by atoms with Crippen molar-refractivity contribution in [2.24, 2.45) is 0 Å². The van der Waals surface area contributed by atoms with E-state index in [1.54, 1.807) is 43.5 Å². The molecule has 6 heteroatoms. The summed E-state index contributed by atoms with van der Waals surface area (Å²) < 4.78 is 21.8. The third-order valence-electron chi connectivity index (χ3n) is 5.08. The number of benzene rings is 3. The van der Waals surface area contributed by atoms with Crippen LogP contribution in [0.2, 0.25) is 0 Å². The van der Waals surface area contributed by atoms with E-state index < -0.39 is 5.92 Å². The van der Waals surface area contributed by atoms with Gasteiger partial charge in [-0.15, -0.1) is 0 Å². The zero-order valence-electron chi connectivity index (χ0n) is 18.3. The molecule has 1 atom stereocenters. The molecular weight excluding hydrogens is 406 g/mol. The van der Waals surface area contributed by atoms with Gasteiger partial charge in [-0.1, -0.05) is 36.4 Å². The van der Waals surface area contributed by atoms with E-state index >= 15 is 0 Å².